The van der Waals surface area contributed by atoms with Crippen molar-refractivity contribution in [2.75, 3.05) is 31.7 Å². The van der Waals surface area contributed by atoms with Gasteiger partial charge in [-0.2, -0.15) is 0 Å². The maximum atomic E-state index is 15.1. The number of nitrogens with one attached hydrogen (secondary N) is 1. The summed E-state index contributed by atoms with van der Waals surface area (Å²) in [6.07, 6.45) is 0.580. The lowest BCUT2D eigenvalue weighted by Crippen LogP contribution is -2.39. The van der Waals surface area contributed by atoms with Crippen molar-refractivity contribution < 1.29 is 23.4 Å². The number of esters is 1. The van der Waals surface area contributed by atoms with Crippen LogP contribution in [0, 0.1) is 5.82 Å². The molecule has 0 aliphatic carbocycles. The molecule has 1 N–H and O–H groups in total. The van der Waals surface area contributed by atoms with Crippen LogP contribution in [0.5, 0.6) is 11.5 Å². The lowest BCUT2D eigenvalue weighted by molar-refractivity contribution is -0.142. The second-order valence-electron chi connectivity index (χ2n) is 9.33. The van der Waals surface area contributed by atoms with Crippen LogP contribution in [0.3, 0.4) is 0 Å². The van der Waals surface area contributed by atoms with Gasteiger partial charge in [-0.3, -0.25) is 0 Å². The minimum Gasteiger partial charge on any atom is -0.486 e. The second-order valence-corrected chi connectivity index (χ2v) is 9.33. The summed E-state index contributed by atoms with van der Waals surface area (Å²) >= 11 is 0. The summed E-state index contributed by atoms with van der Waals surface area (Å²) in [5, 5.41) is 6.10. The molecule has 0 spiro atoms. The number of hydrogen-bond donors (Lipinski definition) is 1. The van der Waals surface area contributed by atoms with Gasteiger partial charge in [0.1, 0.15) is 23.4 Å². The molecule has 1 heterocycles. The number of benzene rings is 4. The molecule has 4 aromatic rings. The van der Waals surface area contributed by atoms with Crippen molar-refractivity contribution in [1.82, 2.24) is 5.32 Å². The Balaban J connectivity index is 1.30. The summed E-state index contributed by atoms with van der Waals surface area (Å²) in [6.45, 7) is 3.12. The first kappa shape index (κ1) is 25.5. The summed E-state index contributed by atoms with van der Waals surface area (Å²) < 4.78 is 31.5. The monoisotopic (exact) mass is 514 g/mol. The number of fused-ring (bicyclic) bond motifs is 2. The van der Waals surface area contributed by atoms with Crippen molar-refractivity contribution in [2.24, 2.45) is 0 Å². The number of carbonyl (C=O) groups is 1. The van der Waals surface area contributed by atoms with E-state index < -0.39 is 5.97 Å². The number of methoxy groups -OCH3 is 1. The van der Waals surface area contributed by atoms with Crippen molar-refractivity contribution in [3.05, 3.63) is 96.3 Å². The summed E-state index contributed by atoms with van der Waals surface area (Å²) in [4.78, 5) is 13.4. The van der Waals surface area contributed by atoms with E-state index in [2.05, 4.69) is 59.4 Å². The molecule has 7 heteroatoms. The molecular weight excluding hydrogens is 483 g/mol. The summed E-state index contributed by atoms with van der Waals surface area (Å²) in [6, 6.07) is 27.0. The third kappa shape index (κ3) is 5.58. The van der Waals surface area contributed by atoms with Gasteiger partial charge in [0.15, 0.2) is 6.61 Å². The van der Waals surface area contributed by atoms with Crippen LogP contribution in [0.25, 0.3) is 10.8 Å². The van der Waals surface area contributed by atoms with Crippen LogP contribution < -0.4 is 19.7 Å². The van der Waals surface area contributed by atoms with Crippen LogP contribution in [-0.2, 0) is 9.53 Å². The molecule has 0 radical (unpaired) electrons. The Bertz CT molecular complexity index is 1420. The molecule has 0 fully saturated rings. The molecule has 4 aromatic carbocycles. The predicted molar refractivity (Wildman–Crippen MR) is 147 cm³/mol. The molecular formula is C31H31FN2O4. The number of carbonyl (C=O) groups excluding carboxylic acids is 1. The fourth-order valence-corrected chi connectivity index (χ4v) is 4.87. The molecule has 5 rings (SSSR count). The van der Waals surface area contributed by atoms with Gasteiger partial charge in [0.25, 0.3) is 0 Å². The number of anilines is 2. The number of para-hydroxylation sites is 2. The first-order valence-corrected chi connectivity index (χ1v) is 12.8. The van der Waals surface area contributed by atoms with Gasteiger partial charge in [-0.25, -0.2) is 9.18 Å². The van der Waals surface area contributed by atoms with Gasteiger partial charge in [-0.1, -0.05) is 54.6 Å². The molecule has 0 saturated carbocycles. The molecule has 2 atom stereocenters. The molecule has 0 bridgehead atoms. The van der Waals surface area contributed by atoms with Crippen molar-refractivity contribution in [2.45, 2.75) is 25.5 Å². The first-order chi connectivity index (χ1) is 18.5. The quantitative estimate of drug-likeness (QED) is 0.270. The number of hydrogen-bond acceptors (Lipinski definition) is 6. The van der Waals surface area contributed by atoms with E-state index in [1.807, 2.05) is 29.2 Å². The van der Waals surface area contributed by atoms with Crippen LogP contribution in [0.4, 0.5) is 15.8 Å². The van der Waals surface area contributed by atoms with Crippen LogP contribution in [0.15, 0.2) is 84.9 Å². The molecule has 2 unspecified atom stereocenters. The molecule has 1 aliphatic heterocycles. The molecule has 0 amide bonds. The largest absolute Gasteiger partial charge is 0.486 e. The topological polar surface area (TPSA) is 60.0 Å². The van der Waals surface area contributed by atoms with Gasteiger partial charge >= 0.3 is 5.97 Å². The maximum absolute atomic E-state index is 15.1. The minimum absolute atomic E-state index is 0.156. The molecule has 0 aromatic heterocycles. The zero-order valence-electron chi connectivity index (χ0n) is 21.5. The van der Waals surface area contributed by atoms with Crippen molar-refractivity contribution in [3.8, 4) is 11.5 Å². The SMILES string of the molecule is COC(=O)COc1ccc(F)c(N2CC(CCNC(C)c3cccc4ccccc34)Oc3ccccc32)c1. The van der Waals surface area contributed by atoms with Gasteiger partial charge in [-0.05, 0) is 60.5 Å². The van der Waals surface area contributed by atoms with Crippen LogP contribution in [-0.4, -0.2) is 38.9 Å². The number of nitrogens with zero attached hydrogens (tertiary/aromatic N) is 1. The van der Waals surface area contributed by atoms with Crippen LogP contribution >= 0.6 is 0 Å². The summed E-state index contributed by atoms with van der Waals surface area (Å²) in [5.41, 5.74) is 2.40. The zero-order chi connectivity index (χ0) is 26.5. The highest BCUT2D eigenvalue weighted by molar-refractivity contribution is 5.86. The Morgan fingerprint density at radius 1 is 1.05 bits per heavy atom. The molecule has 0 saturated heterocycles. The van der Waals surface area contributed by atoms with Crippen molar-refractivity contribution in [1.29, 1.82) is 0 Å². The highest BCUT2D eigenvalue weighted by Gasteiger charge is 2.28. The zero-order valence-corrected chi connectivity index (χ0v) is 21.5. The lowest BCUT2D eigenvalue weighted by Gasteiger charge is -2.36. The van der Waals surface area contributed by atoms with Crippen LogP contribution in [0.2, 0.25) is 0 Å². The van der Waals surface area contributed by atoms with E-state index in [4.69, 9.17) is 9.47 Å². The van der Waals surface area contributed by atoms with Crippen molar-refractivity contribution >= 4 is 28.1 Å². The standard InChI is InChI=1S/C31H31FN2O4/c1-21(25-11-7-9-22-8-3-4-10-26(22)25)33-17-16-24-19-34(28-12-5-6-13-30(28)38-24)29-18-23(14-15-27(29)32)37-20-31(35)36-2/h3-15,18,21,24,33H,16-17,19-20H2,1-2H3. The normalized spacial score (nSPS) is 15.4. The fraction of sp³-hybridized carbons (Fsp3) is 0.258. The van der Waals surface area contributed by atoms with Crippen LogP contribution in [0.1, 0.15) is 24.9 Å². The van der Waals surface area contributed by atoms with Gasteiger partial charge < -0.3 is 24.4 Å². The molecule has 6 nitrogen and oxygen atoms in total. The Labute approximate surface area is 221 Å². The van der Waals surface area contributed by atoms with E-state index in [0.29, 0.717) is 23.7 Å². The van der Waals surface area contributed by atoms with Gasteiger partial charge in [0, 0.05) is 12.1 Å². The van der Waals surface area contributed by atoms with Gasteiger partial charge in [0.05, 0.1) is 25.0 Å². The Morgan fingerprint density at radius 2 is 1.84 bits per heavy atom. The Kier molecular flexibility index (Phi) is 7.75. The highest BCUT2D eigenvalue weighted by Crippen LogP contribution is 2.40. The number of rotatable bonds is 9. The maximum Gasteiger partial charge on any atom is 0.343 e. The Morgan fingerprint density at radius 3 is 2.71 bits per heavy atom. The third-order valence-corrected chi connectivity index (χ3v) is 6.84. The van der Waals surface area contributed by atoms with E-state index >= 15 is 4.39 Å². The second kappa shape index (κ2) is 11.5. The molecule has 196 valence electrons. The fourth-order valence-electron chi connectivity index (χ4n) is 4.87. The average Bonchev–Trinajstić information content (AvgIpc) is 2.95. The van der Waals surface area contributed by atoms with Gasteiger partial charge in [-0.15, -0.1) is 0 Å². The third-order valence-electron chi connectivity index (χ3n) is 6.84. The van der Waals surface area contributed by atoms with E-state index in [-0.39, 0.29) is 24.6 Å². The smallest absolute Gasteiger partial charge is 0.343 e. The summed E-state index contributed by atoms with van der Waals surface area (Å²) in [7, 11) is 1.30. The lowest BCUT2D eigenvalue weighted by atomic mass is 9.99. The number of halogens is 1. The minimum atomic E-state index is -0.502. The van der Waals surface area contributed by atoms with E-state index in [0.717, 1.165) is 18.7 Å². The molecule has 1 aliphatic rings. The summed E-state index contributed by atoms with van der Waals surface area (Å²) in [5.74, 6) is 0.204. The van der Waals surface area contributed by atoms with E-state index in [9.17, 15) is 4.79 Å². The van der Waals surface area contributed by atoms with Gasteiger partial charge in [0.2, 0.25) is 0 Å². The first-order valence-electron chi connectivity index (χ1n) is 12.8. The van der Waals surface area contributed by atoms with E-state index in [1.54, 1.807) is 6.07 Å². The average molecular weight is 515 g/mol. The Hall–Kier alpha value is -4.10. The predicted octanol–water partition coefficient (Wildman–Crippen LogP) is 6.17. The van der Waals surface area contributed by atoms with E-state index in [1.165, 1.54) is 35.6 Å². The highest BCUT2D eigenvalue weighted by atomic mass is 19.1. The number of ether oxygens (including phenoxy) is 3. The van der Waals surface area contributed by atoms with Crippen molar-refractivity contribution in [3.63, 3.8) is 0 Å². The molecule has 38 heavy (non-hydrogen) atoms.